The summed E-state index contributed by atoms with van der Waals surface area (Å²) in [7, 11) is -3.00. The molecule has 0 aromatic heterocycles. The van der Waals surface area contributed by atoms with Crippen LogP contribution in [0.15, 0.2) is 0 Å². The number of hydrogen-bond donors (Lipinski definition) is 1. The summed E-state index contributed by atoms with van der Waals surface area (Å²) in [5.74, 6) is 0. The van der Waals surface area contributed by atoms with E-state index in [0.29, 0.717) is 6.54 Å². The van der Waals surface area contributed by atoms with E-state index < -0.39 is 10.0 Å². The molecule has 0 radical (unpaired) electrons. The molecule has 0 heterocycles. The van der Waals surface area contributed by atoms with Gasteiger partial charge in [-0.15, -0.1) is 0 Å². The molecule has 0 amide bonds. The van der Waals surface area contributed by atoms with Gasteiger partial charge in [-0.3, -0.25) is 0 Å². The maximum atomic E-state index is 10.8. The number of alkyl halides is 1. The molecule has 0 bridgehead atoms. The van der Waals surface area contributed by atoms with Gasteiger partial charge in [-0.25, -0.2) is 13.1 Å². The fourth-order valence-electron chi connectivity index (χ4n) is 1.18. The second-order valence-corrected chi connectivity index (χ2v) is 6.16. The predicted octanol–water partition coefficient (Wildman–Crippen LogP) is 1.10. The van der Waals surface area contributed by atoms with Crippen LogP contribution in [0.1, 0.15) is 19.3 Å². The number of halogens is 1. The highest BCUT2D eigenvalue weighted by molar-refractivity contribution is 9.09. The molecular weight excluding hydrogens is 242 g/mol. The maximum absolute atomic E-state index is 10.8. The minimum absolute atomic E-state index is 0.270. The van der Waals surface area contributed by atoms with Crippen molar-refractivity contribution in [2.45, 2.75) is 19.3 Å². The standard InChI is InChI=1S/C7H14BrNO2S/c1-12(10,11)9-6-7(2-3-7)4-5-8/h9H,2-6H2,1H3. The van der Waals surface area contributed by atoms with Crippen molar-refractivity contribution in [3.63, 3.8) is 0 Å². The Bertz CT molecular complexity index is 246. The van der Waals surface area contributed by atoms with Gasteiger partial charge in [0, 0.05) is 11.9 Å². The average Bonchev–Trinajstić information content (AvgIpc) is 2.65. The van der Waals surface area contributed by atoms with Crippen LogP contribution in [0, 0.1) is 5.41 Å². The van der Waals surface area contributed by atoms with Gasteiger partial charge in [0.25, 0.3) is 0 Å². The summed E-state index contributed by atoms with van der Waals surface area (Å²) in [5.41, 5.74) is 0.270. The van der Waals surface area contributed by atoms with E-state index in [-0.39, 0.29) is 5.41 Å². The molecule has 1 fully saturated rings. The quantitative estimate of drug-likeness (QED) is 0.749. The fraction of sp³-hybridized carbons (Fsp3) is 1.00. The lowest BCUT2D eigenvalue weighted by molar-refractivity contribution is 0.482. The van der Waals surface area contributed by atoms with Gasteiger partial charge in [0.2, 0.25) is 10.0 Å². The van der Waals surface area contributed by atoms with Crippen LogP contribution in [-0.2, 0) is 10.0 Å². The van der Waals surface area contributed by atoms with Gasteiger partial charge in [-0.1, -0.05) is 15.9 Å². The van der Waals surface area contributed by atoms with Gasteiger partial charge in [0.1, 0.15) is 0 Å². The van der Waals surface area contributed by atoms with Gasteiger partial charge >= 0.3 is 0 Å². The molecule has 0 atom stereocenters. The summed E-state index contributed by atoms with van der Waals surface area (Å²) in [5, 5.41) is 0.957. The zero-order valence-corrected chi connectivity index (χ0v) is 9.54. The van der Waals surface area contributed by atoms with Crippen molar-refractivity contribution in [1.29, 1.82) is 0 Å². The van der Waals surface area contributed by atoms with E-state index in [9.17, 15) is 8.42 Å². The lowest BCUT2D eigenvalue weighted by Crippen LogP contribution is -2.29. The van der Waals surface area contributed by atoms with E-state index in [1.165, 1.54) is 6.26 Å². The Morgan fingerprint density at radius 1 is 1.50 bits per heavy atom. The van der Waals surface area contributed by atoms with Crippen LogP contribution in [0.25, 0.3) is 0 Å². The molecule has 0 aliphatic heterocycles. The van der Waals surface area contributed by atoms with E-state index in [1.54, 1.807) is 0 Å². The largest absolute Gasteiger partial charge is 0.215 e. The molecule has 0 unspecified atom stereocenters. The summed E-state index contributed by atoms with van der Waals surface area (Å²) < 4.78 is 24.1. The van der Waals surface area contributed by atoms with Gasteiger partial charge in [-0.2, -0.15) is 0 Å². The minimum Gasteiger partial charge on any atom is -0.215 e. The molecule has 1 rings (SSSR count). The zero-order valence-electron chi connectivity index (χ0n) is 7.14. The van der Waals surface area contributed by atoms with Crippen LogP contribution >= 0.6 is 15.9 Å². The van der Waals surface area contributed by atoms with Gasteiger partial charge < -0.3 is 0 Å². The van der Waals surface area contributed by atoms with E-state index in [2.05, 4.69) is 20.7 Å². The molecule has 1 N–H and O–H groups in total. The van der Waals surface area contributed by atoms with E-state index in [1.807, 2.05) is 0 Å². The molecule has 3 nitrogen and oxygen atoms in total. The summed E-state index contributed by atoms with van der Waals surface area (Å²) in [6.45, 7) is 0.609. The van der Waals surface area contributed by atoms with E-state index in [4.69, 9.17) is 0 Å². The third-order valence-electron chi connectivity index (χ3n) is 2.29. The highest BCUT2D eigenvalue weighted by Gasteiger charge is 2.41. The number of hydrogen-bond acceptors (Lipinski definition) is 2. The second kappa shape index (κ2) is 3.64. The van der Waals surface area contributed by atoms with Crippen molar-refractivity contribution < 1.29 is 8.42 Å². The number of nitrogens with one attached hydrogen (secondary N) is 1. The molecule has 0 aromatic rings. The molecular formula is C7H14BrNO2S. The molecule has 72 valence electrons. The SMILES string of the molecule is CS(=O)(=O)NCC1(CCBr)CC1. The van der Waals surface area contributed by atoms with Crippen LogP contribution in [0.3, 0.4) is 0 Å². The minimum atomic E-state index is -3.00. The van der Waals surface area contributed by atoms with Crippen molar-refractivity contribution in [2.24, 2.45) is 5.41 Å². The third-order valence-corrected chi connectivity index (χ3v) is 3.36. The van der Waals surface area contributed by atoms with Gasteiger partial charge in [0.05, 0.1) is 6.26 Å². The van der Waals surface area contributed by atoms with Crippen LogP contribution < -0.4 is 4.72 Å². The van der Waals surface area contributed by atoms with Crippen molar-refractivity contribution in [3.05, 3.63) is 0 Å². The van der Waals surface area contributed by atoms with Crippen molar-refractivity contribution in [1.82, 2.24) is 4.72 Å². The first-order valence-corrected chi connectivity index (χ1v) is 6.99. The predicted molar refractivity (Wildman–Crippen MR) is 52.9 cm³/mol. The summed E-state index contributed by atoms with van der Waals surface area (Å²) in [6.07, 6.45) is 4.58. The highest BCUT2D eigenvalue weighted by atomic mass is 79.9. The Labute approximate surface area is 82.1 Å². The van der Waals surface area contributed by atoms with Gasteiger partial charge in [-0.05, 0) is 24.7 Å². The Kier molecular flexibility index (Phi) is 3.17. The Morgan fingerprint density at radius 2 is 2.08 bits per heavy atom. The molecule has 0 saturated heterocycles. The Hall–Kier alpha value is 0.390. The molecule has 0 spiro atoms. The highest BCUT2D eigenvalue weighted by Crippen LogP contribution is 2.48. The molecule has 5 heteroatoms. The van der Waals surface area contributed by atoms with Gasteiger partial charge in [0.15, 0.2) is 0 Å². The monoisotopic (exact) mass is 255 g/mol. The zero-order chi connectivity index (χ0) is 9.24. The lowest BCUT2D eigenvalue weighted by Gasteiger charge is -2.12. The fourth-order valence-corrected chi connectivity index (χ4v) is 2.59. The average molecular weight is 256 g/mol. The smallest absolute Gasteiger partial charge is 0.208 e. The van der Waals surface area contributed by atoms with Crippen molar-refractivity contribution in [2.75, 3.05) is 18.1 Å². The Morgan fingerprint density at radius 3 is 2.42 bits per heavy atom. The Balaban J connectivity index is 2.32. The van der Waals surface area contributed by atoms with Crippen LogP contribution in [0.4, 0.5) is 0 Å². The number of rotatable bonds is 5. The second-order valence-electron chi connectivity index (χ2n) is 3.53. The topological polar surface area (TPSA) is 46.2 Å². The molecule has 1 saturated carbocycles. The third kappa shape index (κ3) is 3.41. The van der Waals surface area contributed by atoms with Crippen LogP contribution in [0.2, 0.25) is 0 Å². The van der Waals surface area contributed by atoms with E-state index in [0.717, 1.165) is 24.6 Å². The summed E-state index contributed by atoms with van der Waals surface area (Å²) in [6, 6.07) is 0. The first-order valence-electron chi connectivity index (χ1n) is 3.98. The van der Waals surface area contributed by atoms with Crippen LogP contribution in [-0.4, -0.2) is 26.5 Å². The van der Waals surface area contributed by atoms with E-state index >= 15 is 0 Å². The van der Waals surface area contributed by atoms with Crippen molar-refractivity contribution >= 4 is 26.0 Å². The first kappa shape index (κ1) is 10.5. The van der Waals surface area contributed by atoms with Crippen LogP contribution in [0.5, 0.6) is 0 Å². The summed E-state index contributed by atoms with van der Waals surface area (Å²) >= 11 is 3.37. The molecule has 1 aliphatic carbocycles. The summed E-state index contributed by atoms with van der Waals surface area (Å²) in [4.78, 5) is 0. The number of sulfonamides is 1. The molecule has 12 heavy (non-hydrogen) atoms. The molecule has 0 aromatic carbocycles. The molecule has 1 aliphatic rings. The lowest BCUT2D eigenvalue weighted by atomic mass is 10.1. The normalized spacial score (nSPS) is 20.8. The maximum Gasteiger partial charge on any atom is 0.208 e. The first-order chi connectivity index (χ1) is 5.47. The van der Waals surface area contributed by atoms with Crippen molar-refractivity contribution in [3.8, 4) is 0 Å².